The van der Waals surface area contributed by atoms with E-state index < -0.39 is 4.92 Å². The van der Waals surface area contributed by atoms with Crippen LogP contribution in [0.5, 0.6) is 5.75 Å². The van der Waals surface area contributed by atoms with Gasteiger partial charge in [0.2, 0.25) is 0 Å². The smallest absolute Gasteiger partial charge is 0.280 e. The van der Waals surface area contributed by atoms with Crippen LogP contribution in [-0.2, 0) is 4.79 Å². The summed E-state index contributed by atoms with van der Waals surface area (Å²) in [6, 6.07) is 13.4. The lowest BCUT2D eigenvalue weighted by atomic mass is 10.1. The van der Waals surface area contributed by atoms with Crippen LogP contribution in [0.25, 0.3) is 6.08 Å². The first kappa shape index (κ1) is 18.3. The minimum absolute atomic E-state index is 0.0642. The van der Waals surface area contributed by atoms with Crippen molar-refractivity contribution in [1.29, 1.82) is 0 Å². The topological polar surface area (TPSA) is 85.0 Å². The molecule has 1 heterocycles. The minimum atomic E-state index is -0.473. The third-order valence-corrected chi connectivity index (χ3v) is 4.03. The first-order valence-corrected chi connectivity index (χ1v) is 8.59. The van der Waals surface area contributed by atoms with Gasteiger partial charge in [-0.05, 0) is 37.6 Å². The fourth-order valence-corrected chi connectivity index (χ4v) is 2.69. The largest absolute Gasteiger partial charge is 0.493 e. The van der Waals surface area contributed by atoms with Crippen molar-refractivity contribution < 1.29 is 14.5 Å². The maximum Gasteiger partial charge on any atom is 0.280 e. The number of amides is 1. The molecule has 27 heavy (non-hydrogen) atoms. The molecule has 1 aliphatic rings. The normalized spacial score (nSPS) is 15.2. The molecule has 2 aromatic rings. The second kappa shape index (κ2) is 7.82. The number of rotatable bonds is 6. The van der Waals surface area contributed by atoms with Crippen LogP contribution in [0.2, 0.25) is 0 Å². The Labute approximate surface area is 156 Å². The molecule has 0 saturated heterocycles. The van der Waals surface area contributed by atoms with Gasteiger partial charge in [0.1, 0.15) is 5.75 Å². The fourth-order valence-electron chi connectivity index (χ4n) is 2.69. The summed E-state index contributed by atoms with van der Waals surface area (Å²) >= 11 is 0. The van der Waals surface area contributed by atoms with Crippen molar-refractivity contribution in [1.82, 2.24) is 0 Å². The van der Waals surface area contributed by atoms with Gasteiger partial charge >= 0.3 is 0 Å². The van der Waals surface area contributed by atoms with E-state index in [1.165, 1.54) is 17.1 Å². The zero-order chi connectivity index (χ0) is 19.4. The molecule has 0 bridgehead atoms. The lowest BCUT2D eigenvalue weighted by Crippen LogP contribution is -2.21. The molecule has 0 saturated carbocycles. The van der Waals surface area contributed by atoms with Gasteiger partial charge in [-0.3, -0.25) is 14.9 Å². The maximum absolute atomic E-state index is 12.8. The Kier molecular flexibility index (Phi) is 5.30. The monoisotopic (exact) mass is 365 g/mol. The molecule has 0 N–H and O–H groups in total. The van der Waals surface area contributed by atoms with Crippen LogP contribution in [-0.4, -0.2) is 23.1 Å². The summed E-state index contributed by atoms with van der Waals surface area (Å²) in [6.07, 6.45) is 2.40. The van der Waals surface area contributed by atoms with E-state index in [0.717, 1.165) is 6.42 Å². The number of hydrazone groups is 1. The standard InChI is InChI=1S/C20H19N3O4/c1-3-11-27-19-10-9-17(23(25)26)12-15(19)13-18-14(2)21-22(20(18)24)16-7-5-4-6-8-16/h4-10,12-13H,3,11H2,1-2H3. The Hall–Kier alpha value is -3.48. The first-order valence-electron chi connectivity index (χ1n) is 8.59. The third kappa shape index (κ3) is 3.87. The number of benzene rings is 2. The second-order valence-corrected chi connectivity index (χ2v) is 6.02. The number of ether oxygens (including phenoxy) is 1. The first-order chi connectivity index (χ1) is 13.0. The van der Waals surface area contributed by atoms with E-state index in [1.54, 1.807) is 31.2 Å². The summed E-state index contributed by atoms with van der Waals surface area (Å²) in [5.41, 5.74) is 1.99. The second-order valence-electron chi connectivity index (χ2n) is 6.02. The molecule has 138 valence electrons. The molecule has 0 spiro atoms. The molecule has 7 heteroatoms. The van der Waals surface area contributed by atoms with E-state index in [2.05, 4.69) is 5.10 Å². The average molecular weight is 365 g/mol. The molecule has 2 aromatic carbocycles. The van der Waals surface area contributed by atoms with Crippen molar-refractivity contribution in [3.05, 3.63) is 69.8 Å². The number of nitro benzene ring substituents is 1. The summed E-state index contributed by atoms with van der Waals surface area (Å²) in [5, 5.41) is 16.8. The maximum atomic E-state index is 12.8. The highest BCUT2D eigenvalue weighted by atomic mass is 16.6. The predicted molar refractivity (Wildman–Crippen MR) is 104 cm³/mol. The number of hydrogen-bond donors (Lipinski definition) is 0. The minimum Gasteiger partial charge on any atom is -0.493 e. The summed E-state index contributed by atoms with van der Waals surface area (Å²) in [6.45, 7) is 4.18. The Morgan fingerprint density at radius 3 is 2.63 bits per heavy atom. The van der Waals surface area contributed by atoms with Crippen molar-refractivity contribution in [2.75, 3.05) is 11.6 Å². The van der Waals surface area contributed by atoms with Crippen LogP contribution in [0.1, 0.15) is 25.8 Å². The van der Waals surface area contributed by atoms with Crippen LogP contribution in [0.4, 0.5) is 11.4 Å². The molecular weight excluding hydrogens is 346 g/mol. The van der Waals surface area contributed by atoms with Gasteiger partial charge < -0.3 is 4.74 Å². The quantitative estimate of drug-likeness (QED) is 0.436. The number of carbonyl (C=O) groups is 1. The summed E-state index contributed by atoms with van der Waals surface area (Å²) in [5.74, 6) is 0.209. The van der Waals surface area contributed by atoms with E-state index >= 15 is 0 Å². The number of hydrogen-bond acceptors (Lipinski definition) is 5. The van der Waals surface area contributed by atoms with Gasteiger partial charge in [-0.25, -0.2) is 0 Å². The molecule has 0 aliphatic carbocycles. The van der Waals surface area contributed by atoms with Gasteiger partial charge in [-0.1, -0.05) is 25.1 Å². The van der Waals surface area contributed by atoms with Gasteiger partial charge in [-0.2, -0.15) is 10.1 Å². The number of carbonyl (C=O) groups excluding carboxylic acids is 1. The van der Waals surface area contributed by atoms with E-state index in [9.17, 15) is 14.9 Å². The lowest BCUT2D eigenvalue weighted by molar-refractivity contribution is -0.384. The number of nitrogens with zero attached hydrogens (tertiary/aromatic N) is 3. The highest BCUT2D eigenvalue weighted by molar-refractivity contribution is 6.32. The van der Waals surface area contributed by atoms with Crippen molar-refractivity contribution >= 4 is 29.1 Å². The average Bonchev–Trinajstić information content (AvgIpc) is 2.95. The van der Waals surface area contributed by atoms with E-state index in [0.29, 0.717) is 34.9 Å². The van der Waals surface area contributed by atoms with Gasteiger partial charge in [0.15, 0.2) is 0 Å². The van der Waals surface area contributed by atoms with Crippen molar-refractivity contribution in [2.45, 2.75) is 20.3 Å². The molecule has 0 fully saturated rings. The summed E-state index contributed by atoms with van der Waals surface area (Å²) < 4.78 is 5.68. The Morgan fingerprint density at radius 2 is 1.96 bits per heavy atom. The number of anilines is 1. The van der Waals surface area contributed by atoms with E-state index in [1.807, 2.05) is 25.1 Å². The van der Waals surface area contributed by atoms with E-state index in [4.69, 9.17) is 4.74 Å². The molecular formula is C20H19N3O4. The van der Waals surface area contributed by atoms with E-state index in [-0.39, 0.29) is 11.6 Å². The Bertz CT molecular complexity index is 935. The van der Waals surface area contributed by atoms with Crippen molar-refractivity contribution in [3.63, 3.8) is 0 Å². The van der Waals surface area contributed by atoms with Crippen LogP contribution in [0.15, 0.2) is 59.2 Å². The zero-order valence-electron chi connectivity index (χ0n) is 15.1. The molecule has 1 aliphatic heterocycles. The number of para-hydroxylation sites is 1. The molecule has 0 radical (unpaired) electrons. The van der Waals surface area contributed by atoms with Crippen molar-refractivity contribution in [2.24, 2.45) is 5.10 Å². The number of non-ortho nitro benzene ring substituents is 1. The lowest BCUT2D eigenvalue weighted by Gasteiger charge is -2.11. The summed E-state index contributed by atoms with van der Waals surface area (Å²) in [7, 11) is 0. The molecule has 7 nitrogen and oxygen atoms in total. The highest BCUT2D eigenvalue weighted by Crippen LogP contribution is 2.30. The SMILES string of the molecule is CCCOc1ccc([N+](=O)[O-])cc1C=C1C(=O)N(c2ccccc2)N=C1C. The van der Waals surface area contributed by atoms with Gasteiger partial charge in [-0.15, -0.1) is 0 Å². The zero-order valence-corrected chi connectivity index (χ0v) is 15.1. The van der Waals surface area contributed by atoms with Crippen molar-refractivity contribution in [3.8, 4) is 5.75 Å². The van der Waals surface area contributed by atoms with Gasteiger partial charge in [0.05, 0.1) is 28.5 Å². The van der Waals surface area contributed by atoms with Gasteiger partial charge in [0.25, 0.3) is 11.6 Å². The third-order valence-electron chi connectivity index (χ3n) is 4.03. The Morgan fingerprint density at radius 1 is 1.22 bits per heavy atom. The predicted octanol–water partition coefficient (Wildman–Crippen LogP) is 4.19. The molecule has 0 atom stereocenters. The van der Waals surface area contributed by atoms with Crippen LogP contribution in [0, 0.1) is 10.1 Å². The number of nitro groups is 1. The van der Waals surface area contributed by atoms with Crippen LogP contribution in [0.3, 0.4) is 0 Å². The molecule has 3 rings (SSSR count). The molecule has 0 aromatic heterocycles. The fraction of sp³-hybridized carbons (Fsp3) is 0.200. The molecule has 0 unspecified atom stereocenters. The van der Waals surface area contributed by atoms with Crippen LogP contribution < -0.4 is 9.75 Å². The Balaban J connectivity index is 2.00. The highest BCUT2D eigenvalue weighted by Gasteiger charge is 2.29. The summed E-state index contributed by atoms with van der Waals surface area (Å²) in [4.78, 5) is 23.5. The van der Waals surface area contributed by atoms with Crippen LogP contribution >= 0.6 is 0 Å². The molecule has 1 amide bonds. The van der Waals surface area contributed by atoms with Gasteiger partial charge in [0, 0.05) is 17.7 Å².